The third-order valence-electron chi connectivity index (χ3n) is 2.83. The van der Waals surface area contributed by atoms with E-state index >= 15 is 0 Å². The summed E-state index contributed by atoms with van der Waals surface area (Å²) in [6.07, 6.45) is 0.489. The molecule has 0 saturated carbocycles. The van der Waals surface area contributed by atoms with Gasteiger partial charge in [0, 0.05) is 37.9 Å². The van der Waals surface area contributed by atoms with Crippen LogP contribution in [0, 0.1) is 0 Å². The molecule has 0 spiro atoms. The van der Waals surface area contributed by atoms with Gasteiger partial charge in [-0.15, -0.1) is 0 Å². The number of nitrogens with zero attached hydrogens (tertiary/aromatic N) is 1. The van der Waals surface area contributed by atoms with Gasteiger partial charge in [-0.05, 0) is 20.3 Å². The van der Waals surface area contributed by atoms with E-state index in [1.807, 2.05) is 13.8 Å². The van der Waals surface area contributed by atoms with Gasteiger partial charge in [-0.25, -0.2) is 8.78 Å². The summed E-state index contributed by atoms with van der Waals surface area (Å²) in [5.74, 6) is -2.65. The maximum absolute atomic E-state index is 12.9. The van der Waals surface area contributed by atoms with Crippen molar-refractivity contribution in [2.45, 2.75) is 51.0 Å². The van der Waals surface area contributed by atoms with Gasteiger partial charge in [0.05, 0.1) is 0 Å². The number of hydrogen-bond acceptors (Lipinski definition) is 2. The number of carbonyl (C=O) groups excluding carboxylic acids is 1. The van der Waals surface area contributed by atoms with Gasteiger partial charge in [-0.3, -0.25) is 4.79 Å². The molecular formula is C11H20F2N2O. The van der Waals surface area contributed by atoms with Gasteiger partial charge in [0.15, 0.2) is 0 Å². The Labute approximate surface area is 95.0 Å². The van der Waals surface area contributed by atoms with Crippen molar-refractivity contribution in [2.24, 2.45) is 5.73 Å². The summed E-state index contributed by atoms with van der Waals surface area (Å²) in [6.45, 7) is 4.03. The fourth-order valence-electron chi connectivity index (χ4n) is 1.67. The molecule has 0 aromatic carbocycles. The molecule has 0 aromatic heterocycles. The highest BCUT2D eigenvalue weighted by molar-refractivity contribution is 5.76. The van der Waals surface area contributed by atoms with Crippen molar-refractivity contribution in [3.63, 3.8) is 0 Å². The molecule has 0 radical (unpaired) electrons. The van der Waals surface area contributed by atoms with E-state index in [2.05, 4.69) is 0 Å². The Bertz CT molecular complexity index is 251. The van der Waals surface area contributed by atoms with Gasteiger partial charge >= 0.3 is 0 Å². The molecule has 1 rings (SSSR count). The van der Waals surface area contributed by atoms with Gasteiger partial charge in [-0.2, -0.15) is 0 Å². The van der Waals surface area contributed by atoms with Gasteiger partial charge < -0.3 is 10.6 Å². The zero-order chi connectivity index (χ0) is 12.4. The van der Waals surface area contributed by atoms with Crippen LogP contribution in [0.3, 0.4) is 0 Å². The summed E-state index contributed by atoms with van der Waals surface area (Å²) in [5.41, 5.74) is 5.39. The molecule has 1 aliphatic heterocycles. The Kier molecular flexibility index (Phi) is 3.88. The SMILES string of the molecule is CC(C)(N)CCC(=O)N1CCC(F)(F)CC1. The molecule has 1 amide bonds. The van der Waals surface area contributed by atoms with Crippen molar-refractivity contribution in [2.75, 3.05) is 13.1 Å². The molecule has 1 heterocycles. The summed E-state index contributed by atoms with van der Waals surface area (Å²) in [5, 5.41) is 0. The first-order valence-corrected chi connectivity index (χ1v) is 5.64. The molecule has 0 atom stereocenters. The summed E-state index contributed by atoms with van der Waals surface area (Å²) >= 11 is 0. The average molecular weight is 234 g/mol. The first-order valence-electron chi connectivity index (χ1n) is 5.64. The van der Waals surface area contributed by atoms with E-state index in [1.165, 1.54) is 4.90 Å². The van der Waals surface area contributed by atoms with Crippen LogP contribution in [0.1, 0.15) is 39.5 Å². The zero-order valence-corrected chi connectivity index (χ0v) is 9.93. The molecule has 2 N–H and O–H groups in total. The minimum Gasteiger partial charge on any atom is -0.342 e. The van der Waals surface area contributed by atoms with Crippen molar-refractivity contribution in [3.8, 4) is 0 Å². The van der Waals surface area contributed by atoms with Gasteiger partial charge in [0.1, 0.15) is 0 Å². The average Bonchev–Trinajstić information content (AvgIpc) is 2.13. The van der Waals surface area contributed by atoms with E-state index in [0.29, 0.717) is 12.8 Å². The fourth-order valence-corrected chi connectivity index (χ4v) is 1.67. The Balaban J connectivity index is 2.34. The number of rotatable bonds is 3. The maximum atomic E-state index is 12.9. The molecular weight excluding hydrogens is 214 g/mol. The molecule has 1 saturated heterocycles. The molecule has 0 unspecified atom stereocenters. The number of hydrogen-bond donors (Lipinski definition) is 1. The van der Waals surface area contributed by atoms with Crippen molar-refractivity contribution >= 4 is 5.91 Å². The van der Waals surface area contributed by atoms with Crippen molar-refractivity contribution < 1.29 is 13.6 Å². The number of nitrogens with two attached hydrogens (primary N) is 1. The van der Waals surface area contributed by atoms with Gasteiger partial charge in [0.2, 0.25) is 5.91 Å². The van der Waals surface area contributed by atoms with Crippen molar-refractivity contribution in [1.29, 1.82) is 0 Å². The smallest absolute Gasteiger partial charge is 0.251 e. The lowest BCUT2D eigenvalue weighted by Crippen LogP contribution is -2.43. The van der Waals surface area contributed by atoms with E-state index in [-0.39, 0.29) is 37.4 Å². The van der Waals surface area contributed by atoms with Crippen LogP contribution in [0.15, 0.2) is 0 Å². The fraction of sp³-hybridized carbons (Fsp3) is 0.909. The largest absolute Gasteiger partial charge is 0.342 e. The third-order valence-corrected chi connectivity index (χ3v) is 2.83. The van der Waals surface area contributed by atoms with E-state index in [4.69, 9.17) is 5.73 Å². The summed E-state index contributed by atoms with van der Waals surface area (Å²) in [7, 11) is 0. The number of likely N-dealkylation sites (tertiary alicyclic amines) is 1. The number of carbonyl (C=O) groups is 1. The molecule has 1 fully saturated rings. The monoisotopic (exact) mass is 234 g/mol. The first-order chi connectivity index (χ1) is 7.20. The second-order valence-corrected chi connectivity index (χ2v) is 5.23. The number of alkyl halides is 2. The van der Waals surface area contributed by atoms with Crippen LogP contribution >= 0.6 is 0 Å². The van der Waals surface area contributed by atoms with E-state index in [1.54, 1.807) is 0 Å². The molecule has 5 heteroatoms. The minimum absolute atomic E-state index is 0.0611. The lowest BCUT2D eigenvalue weighted by Gasteiger charge is -2.32. The molecule has 0 aliphatic carbocycles. The topological polar surface area (TPSA) is 46.3 Å². The standard InChI is InChI=1S/C11H20F2N2O/c1-10(2,14)4-3-9(16)15-7-5-11(12,13)6-8-15/h3-8,14H2,1-2H3. The molecule has 1 aliphatic rings. The number of piperidine rings is 1. The lowest BCUT2D eigenvalue weighted by atomic mass is 9.99. The van der Waals surface area contributed by atoms with Gasteiger partial charge in [0.25, 0.3) is 5.92 Å². The summed E-state index contributed by atoms with van der Waals surface area (Å²) < 4.78 is 25.7. The number of amides is 1. The molecule has 3 nitrogen and oxygen atoms in total. The summed E-state index contributed by atoms with van der Waals surface area (Å²) in [6, 6.07) is 0. The highest BCUT2D eigenvalue weighted by Crippen LogP contribution is 2.28. The summed E-state index contributed by atoms with van der Waals surface area (Å²) in [4.78, 5) is 13.2. The van der Waals surface area contributed by atoms with Crippen LogP contribution < -0.4 is 5.73 Å². The van der Waals surface area contributed by atoms with Crippen LogP contribution in [-0.2, 0) is 4.79 Å². The van der Waals surface area contributed by atoms with Crippen molar-refractivity contribution in [3.05, 3.63) is 0 Å². The second-order valence-electron chi connectivity index (χ2n) is 5.23. The third kappa shape index (κ3) is 4.43. The van der Waals surface area contributed by atoms with E-state index in [9.17, 15) is 13.6 Å². The zero-order valence-electron chi connectivity index (χ0n) is 9.93. The lowest BCUT2D eigenvalue weighted by molar-refractivity contribution is -0.137. The Morgan fingerprint density at radius 3 is 2.31 bits per heavy atom. The quantitative estimate of drug-likeness (QED) is 0.808. The van der Waals surface area contributed by atoms with Crippen LogP contribution in [0.2, 0.25) is 0 Å². The molecule has 94 valence electrons. The van der Waals surface area contributed by atoms with Crippen LogP contribution in [-0.4, -0.2) is 35.4 Å². The van der Waals surface area contributed by atoms with Crippen molar-refractivity contribution in [1.82, 2.24) is 4.90 Å². The molecule has 0 aromatic rings. The van der Waals surface area contributed by atoms with E-state index in [0.717, 1.165) is 0 Å². The molecule has 0 bridgehead atoms. The highest BCUT2D eigenvalue weighted by Gasteiger charge is 2.35. The maximum Gasteiger partial charge on any atom is 0.251 e. The minimum atomic E-state index is -2.59. The Morgan fingerprint density at radius 1 is 1.38 bits per heavy atom. The highest BCUT2D eigenvalue weighted by atomic mass is 19.3. The predicted molar refractivity (Wildman–Crippen MR) is 58.3 cm³/mol. The normalized spacial score (nSPS) is 20.9. The van der Waals surface area contributed by atoms with E-state index < -0.39 is 5.92 Å². The van der Waals surface area contributed by atoms with Crippen LogP contribution in [0.4, 0.5) is 8.78 Å². The predicted octanol–water partition coefficient (Wildman–Crippen LogP) is 1.76. The Hall–Kier alpha value is -0.710. The second kappa shape index (κ2) is 4.65. The van der Waals surface area contributed by atoms with Gasteiger partial charge in [-0.1, -0.05) is 0 Å². The molecule has 16 heavy (non-hydrogen) atoms. The number of halogens is 2. The Morgan fingerprint density at radius 2 is 1.88 bits per heavy atom. The first kappa shape index (κ1) is 13.4. The van der Waals surface area contributed by atoms with Crippen LogP contribution in [0.5, 0.6) is 0 Å². The van der Waals surface area contributed by atoms with Crippen LogP contribution in [0.25, 0.3) is 0 Å².